The van der Waals surface area contributed by atoms with Crippen molar-refractivity contribution in [2.45, 2.75) is 39.0 Å². The molecule has 2 amide bonds. The van der Waals surface area contributed by atoms with Crippen LogP contribution in [0, 0.1) is 5.92 Å². The van der Waals surface area contributed by atoms with Crippen molar-refractivity contribution in [1.29, 1.82) is 0 Å². The molecule has 118 valence electrons. The van der Waals surface area contributed by atoms with Crippen LogP contribution in [0.4, 0.5) is 5.69 Å². The molecule has 0 aliphatic carbocycles. The molecule has 1 atom stereocenters. The summed E-state index contributed by atoms with van der Waals surface area (Å²) in [5.74, 6) is 0.0799. The van der Waals surface area contributed by atoms with Crippen LogP contribution in [-0.2, 0) is 16.0 Å². The molecule has 22 heavy (non-hydrogen) atoms. The summed E-state index contributed by atoms with van der Waals surface area (Å²) in [6, 6.07) is 8.01. The number of piperidine rings is 1. The van der Waals surface area contributed by atoms with Gasteiger partial charge in [0.25, 0.3) is 0 Å². The molecule has 2 saturated heterocycles. The van der Waals surface area contributed by atoms with Crippen LogP contribution in [-0.4, -0.2) is 36.3 Å². The van der Waals surface area contributed by atoms with Gasteiger partial charge in [-0.1, -0.05) is 25.1 Å². The number of rotatable bonds is 3. The van der Waals surface area contributed by atoms with E-state index in [9.17, 15) is 9.59 Å². The number of benzene rings is 1. The summed E-state index contributed by atoms with van der Waals surface area (Å²) in [4.78, 5) is 28.8. The van der Waals surface area contributed by atoms with E-state index in [1.165, 1.54) is 12.0 Å². The zero-order valence-corrected chi connectivity index (χ0v) is 13.3. The first-order chi connectivity index (χ1) is 10.7. The van der Waals surface area contributed by atoms with Crippen molar-refractivity contribution in [2.24, 2.45) is 5.92 Å². The number of hydrogen-bond donors (Lipinski definition) is 0. The highest BCUT2D eigenvalue weighted by molar-refractivity contribution is 6.00. The molecular weight excluding hydrogens is 276 g/mol. The Morgan fingerprint density at radius 2 is 1.91 bits per heavy atom. The van der Waals surface area contributed by atoms with Crippen LogP contribution >= 0.6 is 0 Å². The summed E-state index contributed by atoms with van der Waals surface area (Å²) in [5.41, 5.74) is 2.14. The van der Waals surface area contributed by atoms with Gasteiger partial charge in [-0.05, 0) is 37.3 Å². The van der Waals surface area contributed by atoms with E-state index in [0.717, 1.165) is 38.0 Å². The maximum absolute atomic E-state index is 12.6. The first-order valence-electron chi connectivity index (χ1n) is 8.37. The largest absolute Gasteiger partial charge is 0.342 e. The van der Waals surface area contributed by atoms with Gasteiger partial charge in [0.2, 0.25) is 11.8 Å². The van der Waals surface area contributed by atoms with Crippen LogP contribution in [0.3, 0.4) is 0 Å². The Bertz CT molecular complexity index is 564. The molecular formula is C18H24N2O2. The minimum atomic E-state index is -0.171. The number of aryl methyl sites for hydroxylation is 1. The third-order valence-electron chi connectivity index (χ3n) is 4.81. The Morgan fingerprint density at radius 1 is 1.18 bits per heavy atom. The van der Waals surface area contributed by atoms with E-state index in [1.54, 1.807) is 0 Å². The molecule has 1 aromatic carbocycles. The van der Waals surface area contributed by atoms with Crippen LogP contribution in [0.5, 0.6) is 0 Å². The summed E-state index contributed by atoms with van der Waals surface area (Å²) in [6.07, 6.45) is 4.64. The molecule has 2 aliphatic rings. The molecule has 1 unspecified atom stereocenters. The number of likely N-dealkylation sites (tertiary alicyclic amines) is 1. The van der Waals surface area contributed by atoms with E-state index in [4.69, 9.17) is 0 Å². The molecule has 0 spiro atoms. The monoisotopic (exact) mass is 300 g/mol. The lowest BCUT2D eigenvalue weighted by atomic mass is 10.0. The third-order valence-corrected chi connectivity index (χ3v) is 4.81. The predicted molar refractivity (Wildman–Crippen MR) is 86.7 cm³/mol. The number of hydrogen-bond acceptors (Lipinski definition) is 2. The zero-order chi connectivity index (χ0) is 15.5. The summed E-state index contributed by atoms with van der Waals surface area (Å²) >= 11 is 0. The van der Waals surface area contributed by atoms with Crippen molar-refractivity contribution in [3.05, 3.63) is 29.8 Å². The van der Waals surface area contributed by atoms with Crippen molar-refractivity contribution in [1.82, 2.24) is 4.90 Å². The van der Waals surface area contributed by atoms with Gasteiger partial charge in [-0.25, -0.2) is 0 Å². The lowest BCUT2D eigenvalue weighted by Gasteiger charge is -2.29. The van der Waals surface area contributed by atoms with E-state index in [-0.39, 0.29) is 17.7 Å². The highest BCUT2D eigenvalue weighted by Crippen LogP contribution is 2.29. The van der Waals surface area contributed by atoms with Gasteiger partial charge in [-0.2, -0.15) is 0 Å². The van der Waals surface area contributed by atoms with Gasteiger partial charge in [-0.3, -0.25) is 9.59 Å². The molecule has 0 aromatic heterocycles. The van der Waals surface area contributed by atoms with Crippen molar-refractivity contribution < 1.29 is 9.59 Å². The number of nitrogens with zero attached hydrogens (tertiary/aromatic N) is 2. The lowest BCUT2D eigenvalue weighted by Crippen LogP contribution is -2.40. The first-order valence-corrected chi connectivity index (χ1v) is 8.37. The molecule has 4 nitrogen and oxygen atoms in total. The zero-order valence-electron chi connectivity index (χ0n) is 13.3. The van der Waals surface area contributed by atoms with Gasteiger partial charge in [0.15, 0.2) is 0 Å². The molecule has 0 N–H and O–H groups in total. The molecule has 1 aromatic rings. The van der Waals surface area contributed by atoms with Crippen molar-refractivity contribution >= 4 is 17.5 Å². The van der Waals surface area contributed by atoms with E-state index in [1.807, 2.05) is 28.0 Å². The van der Waals surface area contributed by atoms with E-state index in [2.05, 4.69) is 13.0 Å². The van der Waals surface area contributed by atoms with Crippen LogP contribution in [0.25, 0.3) is 0 Å². The smallest absolute Gasteiger partial charge is 0.228 e. The van der Waals surface area contributed by atoms with E-state index < -0.39 is 0 Å². The van der Waals surface area contributed by atoms with Gasteiger partial charge in [0, 0.05) is 31.7 Å². The Morgan fingerprint density at radius 3 is 2.64 bits per heavy atom. The molecule has 0 radical (unpaired) electrons. The summed E-state index contributed by atoms with van der Waals surface area (Å²) in [7, 11) is 0. The maximum atomic E-state index is 12.6. The SMILES string of the molecule is CCc1ccccc1N1CC(C(=O)N2CCCCC2)CC1=O. The summed E-state index contributed by atoms with van der Waals surface area (Å²) < 4.78 is 0. The quantitative estimate of drug-likeness (QED) is 0.861. The van der Waals surface area contributed by atoms with Crippen molar-refractivity contribution in [3.63, 3.8) is 0 Å². The average molecular weight is 300 g/mol. The van der Waals surface area contributed by atoms with E-state index in [0.29, 0.717) is 13.0 Å². The molecule has 2 aliphatic heterocycles. The molecule has 2 heterocycles. The van der Waals surface area contributed by atoms with Gasteiger partial charge < -0.3 is 9.80 Å². The predicted octanol–water partition coefficient (Wildman–Crippen LogP) is 2.61. The second kappa shape index (κ2) is 6.51. The van der Waals surface area contributed by atoms with Gasteiger partial charge in [0.05, 0.1) is 5.92 Å². The second-order valence-electron chi connectivity index (χ2n) is 6.27. The standard InChI is InChI=1S/C18H24N2O2/c1-2-14-8-4-5-9-16(14)20-13-15(12-17(20)21)18(22)19-10-6-3-7-11-19/h4-5,8-9,15H,2-3,6-7,10-13H2,1H3. The van der Waals surface area contributed by atoms with Crippen LogP contribution in [0.1, 0.15) is 38.2 Å². The number of anilines is 1. The van der Waals surface area contributed by atoms with Crippen LogP contribution < -0.4 is 4.90 Å². The molecule has 2 fully saturated rings. The maximum Gasteiger partial charge on any atom is 0.228 e. The topological polar surface area (TPSA) is 40.6 Å². The fourth-order valence-electron chi connectivity index (χ4n) is 3.55. The molecule has 0 bridgehead atoms. The third kappa shape index (κ3) is 2.87. The fraction of sp³-hybridized carbons (Fsp3) is 0.556. The number of amides is 2. The fourth-order valence-corrected chi connectivity index (χ4v) is 3.55. The Balaban J connectivity index is 1.74. The first kappa shape index (κ1) is 15.1. The highest BCUT2D eigenvalue weighted by atomic mass is 16.2. The van der Waals surface area contributed by atoms with Gasteiger partial charge in [0.1, 0.15) is 0 Å². The molecule has 0 saturated carbocycles. The van der Waals surface area contributed by atoms with Crippen LogP contribution in [0.2, 0.25) is 0 Å². The minimum absolute atomic E-state index is 0.0799. The molecule has 3 rings (SSSR count). The van der Waals surface area contributed by atoms with Crippen LogP contribution in [0.15, 0.2) is 24.3 Å². The highest BCUT2D eigenvalue weighted by Gasteiger charge is 2.37. The summed E-state index contributed by atoms with van der Waals surface area (Å²) in [5, 5.41) is 0. The number of carbonyl (C=O) groups excluding carboxylic acids is 2. The molecule has 4 heteroatoms. The Labute approximate surface area is 132 Å². The Hall–Kier alpha value is -1.84. The number of para-hydroxylation sites is 1. The van der Waals surface area contributed by atoms with Gasteiger partial charge >= 0.3 is 0 Å². The Kier molecular flexibility index (Phi) is 4.46. The summed E-state index contributed by atoms with van der Waals surface area (Å²) in [6.45, 7) is 4.34. The van der Waals surface area contributed by atoms with Gasteiger partial charge in [-0.15, -0.1) is 0 Å². The average Bonchev–Trinajstić information content (AvgIpc) is 2.96. The second-order valence-corrected chi connectivity index (χ2v) is 6.27. The normalized spacial score (nSPS) is 22.2. The van der Waals surface area contributed by atoms with Crippen molar-refractivity contribution in [3.8, 4) is 0 Å². The van der Waals surface area contributed by atoms with E-state index >= 15 is 0 Å². The number of carbonyl (C=O) groups is 2. The lowest BCUT2D eigenvalue weighted by molar-refractivity contribution is -0.136. The van der Waals surface area contributed by atoms with Crippen molar-refractivity contribution in [2.75, 3.05) is 24.5 Å². The minimum Gasteiger partial charge on any atom is -0.342 e.